The highest BCUT2D eigenvalue weighted by Gasteiger charge is 2.46. The molecule has 0 spiro atoms. The van der Waals surface area contributed by atoms with Crippen molar-refractivity contribution in [3.63, 3.8) is 0 Å². The van der Waals surface area contributed by atoms with Crippen LogP contribution in [0.4, 0.5) is 18.9 Å². The molecule has 4 rings (SSSR count). The van der Waals surface area contributed by atoms with Gasteiger partial charge in [0.1, 0.15) is 11.6 Å². The van der Waals surface area contributed by atoms with Crippen LogP contribution in [0, 0.1) is 16.7 Å². The van der Waals surface area contributed by atoms with Gasteiger partial charge in [0.05, 0.1) is 35.9 Å². The number of nitriles is 1. The molecule has 0 amide bonds. The van der Waals surface area contributed by atoms with Crippen molar-refractivity contribution in [2.75, 3.05) is 12.0 Å². The molecule has 2 aliphatic rings. The summed E-state index contributed by atoms with van der Waals surface area (Å²) in [4.78, 5) is 14.7. The minimum atomic E-state index is -4.65. The van der Waals surface area contributed by atoms with Gasteiger partial charge in [-0.3, -0.25) is 9.69 Å². The number of nitrogens with zero attached hydrogens (tertiary/aromatic N) is 2. The van der Waals surface area contributed by atoms with Crippen molar-refractivity contribution in [2.45, 2.75) is 38.8 Å². The molecule has 0 fully saturated rings. The second-order valence-corrected chi connectivity index (χ2v) is 9.27. The zero-order valence-corrected chi connectivity index (χ0v) is 19.0. The summed E-state index contributed by atoms with van der Waals surface area (Å²) in [5, 5.41) is 10.1. The summed E-state index contributed by atoms with van der Waals surface area (Å²) in [5.41, 5.74) is 6.26. The highest BCUT2D eigenvalue weighted by molar-refractivity contribution is 6.01. The van der Waals surface area contributed by atoms with Crippen molar-refractivity contribution in [2.24, 2.45) is 11.1 Å². The van der Waals surface area contributed by atoms with E-state index in [9.17, 15) is 23.2 Å². The number of ketones is 1. The van der Waals surface area contributed by atoms with E-state index in [1.54, 1.807) is 24.3 Å². The molecule has 0 saturated carbocycles. The Morgan fingerprint density at radius 2 is 1.76 bits per heavy atom. The number of methoxy groups -OCH3 is 1. The number of para-hydroxylation sites is 1. The van der Waals surface area contributed by atoms with E-state index in [0.29, 0.717) is 29.0 Å². The van der Waals surface area contributed by atoms with E-state index in [-0.39, 0.29) is 29.3 Å². The molecule has 2 aromatic rings. The van der Waals surface area contributed by atoms with Gasteiger partial charge in [0.2, 0.25) is 0 Å². The maximum absolute atomic E-state index is 13.9. The van der Waals surface area contributed by atoms with Crippen LogP contribution in [0.25, 0.3) is 0 Å². The van der Waals surface area contributed by atoms with E-state index in [0.717, 1.165) is 6.07 Å². The van der Waals surface area contributed by atoms with Crippen LogP contribution in [-0.2, 0) is 11.0 Å². The molecule has 2 N–H and O–H groups in total. The molecule has 0 unspecified atom stereocenters. The zero-order chi connectivity index (χ0) is 24.8. The number of benzene rings is 2. The van der Waals surface area contributed by atoms with Gasteiger partial charge >= 0.3 is 6.18 Å². The van der Waals surface area contributed by atoms with Crippen LogP contribution in [0.1, 0.15) is 43.7 Å². The van der Waals surface area contributed by atoms with E-state index >= 15 is 0 Å². The van der Waals surface area contributed by atoms with Crippen molar-refractivity contribution in [1.82, 2.24) is 0 Å². The van der Waals surface area contributed by atoms with E-state index in [4.69, 9.17) is 10.5 Å². The molecule has 1 aliphatic heterocycles. The third kappa shape index (κ3) is 3.92. The highest BCUT2D eigenvalue weighted by Crippen LogP contribution is 2.51. The molecule has 5 nitrogen and oxygen atoms in total. The quantitative estimate of drug-likeness (QED) is 0.631. The number of alkyl halides is 3. The summed E-state index contributed by atoms with van der Waals surface area (Å²) in [6.45, 7) is 3.79. The Labute approximate surface area is 195 Å². The Morgan fingerprint density at radius 1 is 1.12 bits per heavy atom. The van der Waals surface area contributed by atoms with Crippen molar-refractivity contribution >= 4 is 11.5 Å². The Morgan fingerprint density at radius 3 is 2.35 bits per heavy atom. The van der Waals surface area contributed by atoms with Gasteiger partial charge in [0, 0.05) is 17.7 Å². The standard InChI is InChI=1S/C26H24F3N3O2/c1-25(2)12-20-23(21(33)13-25)22(15-8-10-16(34-3)11-9-15)17(14-30)24(31)32(20)19-7-5-4-6-18(19)26(27,28)29/h4-11,22H,12-13,31H2,1-3H3/t22-/m0/s1. The predicted octanol–water partition coefficient (Wildman–Crippen LogP) is 5.65. The third-order valence-electron chi connectivity index (χ3n) is 6.28. The fourth-order valence-electron chi connectivity index (χ4n) is 4.82. The van der Waals surface area contributed by atoms with Crippen molar-refractivity contribution in [1.29, 1.82) is 5.26 Å². The van der Waals surface area contributed by atoms with Crippen LogP contribution in [-0.4, -0.2) is 12.9 Å². The minimum absolute atomic E-state index is 0.0361. The van der Waals surface area contributed by atoms with Gasteiger partial charge < -0.3 is 10.5 Å². The third-order valence-corrected chi connectivity index (χ3v) is 6.28. The largest absolute Gasteiger partial charge is 0.497 e. The number of hydrogen-bond donors (Lipinski definition) is 1. The second-order valence-electron chi connectivity index (χ2n) is 9.27. The molecule has 1 heterocycles. The fraction of sp³-hybridized carbons (Fsp3) is 0.308. The molecular formula is C26H24F3N3O2. The number of carbonyl (C=O) groups excluding carboxylic acids is 1. The van der Waals surface area contributed by atoms with Gasteiger partial charge in [-0.25, -0.2) is 0 Å². The lowest BCUT2D eigenvalue weighted by molar-refractivity contribution is -0.137. The van der Waals surface area contributed by atoms with Gasteiger partial charge in [0.25, 0.3) is 0 Å². The van der Waals surface area contributed by atoms with Crippen LogP contribution < -0.4 is 15.4 Å². The maximum Gasteiger partial charge on any atom is 0.418 e. The Kier molecular flexibility index (Phi) is 5.68. The summed E-state index contributed by atoms with van der Waals surface area (Å²) in [7, 11) is 1.53. The lowest BCUT2D eigenvalue weighted by atomic mass is 9.68. The van der Waals surface area contributed by atoms with E-state index in [2.05, 4.69) is 6.07 Å². The Balaban J connectivity index is 2.02. The monoisotopic (exact) mass is 467 g/mol. The molecule has 8 heteroatoms. The van der Waals surface area contributed by atoms with E-state index in [1.165, 1.54) is 30.2 Å². The Bertz CT molecular complexity index is 1250. The summed E-state index contributed by atoms with van der Waals surface area (Å²) < 4.78 is 47.0. The normalized spacial score (nSPS) is 20.2. The summed E-state index contributed by atoms with van der Waals surface area (Å²) in [5.74, 6) is -0.490. The molecule has 0 radical (unpaired) electrons. The lowest BCUT2D eigenvalue weighted by Gasteiger charge is -2.44. The lowest BCUT2D eigenvalue weighted by Crippen LogP contribution is -2.42. The molecule has 0 aromatic heterocycles. The number of ether oxygens (including phenoxy) is 1. The fourth-order valence-corrected chi connectivity index (χ4v) is 4.82. The first-order valence-corrected chi connectivity index (χ1v) is 10.7. The molecule has 1 aliphatic carbocycles. The molecule has 0 saturated heterocycles. The van der Waals surface area contributed by atoms with Crippen molar-refractivity contribution in [3.05, 3.63) is 82.3 Å². The molecule has 2 aromatic carbocycles. The second kappa shape index (κ2) is 8.24. The van der Waals surface area contributed by atoms with Crippen LogP contribution >= 0.6 is 0 Å². The van der Waals surface area contributed by atoms with Crippen LogP contribution in [0.5, 0.6) is 5.75 Å². The molecular weight excluding hydrogens is 443 g/mol. The predicted molar refractivity (Wildman–Crippen MR) is 122 cm³/mol. The smallest absolute Gasteiger partial charge is 0.418 e. The first-order chi connectivity index (χ1) is 16.0. The van der Waals surface area contributed by atoms with Gasteiger partial charge in [-0.05, 0) is 41.7 Å². The minimum Gasteiger partial charge on any atom is -0.497 e. The number of rotatable bonds is 3. The number of carbonyl (C=O) groups is 1. The van der Waals surface area contributed by atoms with Gasteiger partial charge in [-0.15, -0.1) is 0 Å². The molecule has 1 atom stereocenters. The summed E-state index contributed by atoms with van der Waals surface area (Å²) in [6, 6.07) is 14.0. The average Bonchev–Trinajstić information content (AvgIpc) is 2.77. The first kappa shape index (κ1) is 23.4. The number of Topliss-reactive ketones (excluding diaryl/α,β-unsaturated/α-hetero) is 1. The Hall–Kier alpha value is -3.73. The summed E-state index contributed by atoms with van der Waals surface area (Å²) >= 11 is 0. The van der Waals surface area contributed by atoms with E-state index in [1.807, 2.05) is 13.8 Å². The highest BCUT2D eigenvalue weighted by atomic mass is 19.4. The number of halogens is 3. The number of anilines is 1. The molecule has 34 heavy (non-hydrogen) atoms. The van der Waals surface area contributed by atoms with Gasteiger partial charge in [-0.1, -0.05) is 38.1 Å². The SMILES string of the molecule is COc1ccc([C@H]2C(C#N)=C(N)N(c3ccccc3C(F)(F)F)C3=C2C(=O)CC(C)(C)C3)cc1. The first-order valence-electron chi connectivity index (χ1n) is 10.7. The number of allylic oxidation sites excluding steroid dienone is 3. The molecule has 176 valence electrons. The topological polar surface area (TPSA) is 79.3 Å². The maximum atomic E-state index is 13.9. The van der Waals surface area contributed by atoms with Crippen molar-refractivity contribution < 1.29 is 22.7 Å². The van der Waals surface area contributed by atoms with Crippen LogP contribution in [0.2, 0.25) is 0 Å². The zero-order valence-electron chi connectivity index (χ0n) is 19.0. The van der Waals surface area contributed by atoms with Gasteiger partial charge in [0.15, 0.2) is 5.78 Å². The number of hydrogen-bond acceptors (Lipinski definition) is 5. The molecule has 0 bridgehead atoms. The summed E-state index contributed by atoms with van der Waals surface area (Å²) in [6.07, 6.45) is -4.11. The van der Waals surface area contributed by atoms with Crippen molar-refractivity contribution in [3.8, 4) is 11.8 Å². The van der Waals surface area contributed by atoms with Crippen LogP contribution in [0.15, 0.2) is 71.2 Å². The van der Waals surface area contributed by atoms with Crippen LogP contribution in [0.3, 0.4) is 0 Å². The van der Waals surface area contributed by atoms with E-state index < -0.39 is 23.1 Å². The van der Waals surface area contributed by atoms with Gasteiger partial charge in [-0.2, -0.15) is 18.4 Å². The average molecular weight is 467 g/mol. The number of nitrogens with two attached hydrogens (primary N) is 1.